The highest BCUT2D eigenvalue weighted by Gasteiger charge is 2.12. The van der Waals surface area contributed by atoms with Crippen molar-refractivity contribution < 1.29 is 14.3 Å². The van der Waals surface area contributed by atoms with Crippen molar-refractivity contribution in [2.24, 2.45) is 0 Å². The maximum Gasteiger partial charge on any atom is 0.335 e. The predicted octanol–water partition coefficient (Wildman–Crippen LogP) is 4.20. The van der Waals surface area contributed by atoms with E-state index in [0.717, 1.165) is 17.8 Å². The Bertz CT molecular complexity index is 728. The molecule has 2 aromatic carbocycles. The largest absolute Gasteiger partial charge is 0.478 e. The molecule has 100 valence electrons. The van der Waals surface area contributed by atoms with Crippen molar-refractivity contribution in [3.8, 4) is 6.07 Å². The van der Waals surface area contributed by atoms with Gasteiger partial charge in [-0.2, -0.15) is 5.26 Å². The minimum Gasteiger partial charge on any atom is -0.478 e. The summed E-state index contributed by atoms with van der Waals surface area (Å²) in [4.78, 5) is 11.5. The van der Waals surface area contributed by atoms with Gasteiger partial charge < -0.3 is 5.11 Å². The third kappa shape index (κ3) is 3.10. The van der Waals surface area contributed by atoms with Crippen LogP contribution >= 0.6 is 23.4 Å². The van der Waals surface area contributed by atoms with Crippen LogP contribution in [0, 0.1) is 17.1 Å². The summed E-state index contributed by atoms with van der Waals surface area (Å²) in [5.41, 5.74) is 0.328. The molecule has 0 saturated heterocycles. The Morgan fingerprint density at radius 3 is 2.65 bits per heavy atom. The van der Waals surface area contributed by atoms with Gasteiger partial charge in [0.05, 0.1) is 11.1 Å². The minimum absolute atomic E-state index is 0.0190. The van der Waals surface area contributed by atoms with Crippen molar-refractivity contribution in [1.82, 2.24) is 0 Å². The van der Waals surface area contributed by atoms with Gasteiger partial charge >= 0.3 is 5.97 Å². The van der Waals surface area contributed by atoms with Crippen molar-refractivity contribution in [3.63, 3.8) is 0 Å². The van der Waals surface area contributed by atoms with E-state index in [1.165, 1.54) is 24.3 Å². The van der Waals surface area contributed by atoms with Crippen LogP contribution in [-0.2, 0) is 0 Å². The number of nitrogens with zero attached hydrogens (tertiary/aromatic N) is 1. The predicted molar refractivity (Wildman–Crippen MR) is 73.6 cm³/mol. The van der Waals surface area contributed by atoms with E-state index < -0.39 is 11.8 Å². The van der Waals surface area contributed by atoms with Crippen LogP contribution < -0.4 is 0 Å². The number of hydrogen-bond acceptors (Lipinski definition) is 3. The zero-order chi connectivity index (χ0) is 14.7. The van der Waals surface area contributed by atoms with E-state index in [9.17, 15) is 9.18 Å². The number of rotatable bonds is 3. The summed E-state index contributed by atoms with van der Waals surface area (Å²) < 4.78 is 13.7. The Morgan fingerprint density at radius 1 is 1.25 bits per heavy atom. The Labute approximate surface area is 123 Å². The number of nitriles is 1. The van der Waals surface area contributed by atoms with Gasteiger partial charge in [-0.15, -0.1) is 0 Å². The molecule has 0 aliphatic heterocycles. The van der Waals surface area contributed by atoms with Crippen LogP contribution in [0.5, 0.6) is 0 Å². The Morgan fingerprint density at radius 2 is 2.00 bits per heavy atom. The first-order valence-corrected chi connectivity index (χ1v) is 6.61. The molecule has 20 heavy (non-hydrogen) atoms. The van der Waals surface area contributed by atoms with E-state index in [2.05, 4.69) is 0 Å². The number of hydrogen-bond donors (Lipinski definition) is 1. The maximum atomic E-state index is 13.7. The molecule has 3 nitrogen and oxygen atoms in total. The quantitative estimate of drug-likeness (QED) is 0.923. The van der Waals surface area contributed by atoms with Crippen LogP contribution in [0.3, 0.4) is 0 Å². The van der Waals surface area contributed by atoms with Crippen LogP contribution in [0.4, 0.5) is 4.39 Å². The molecule has 0 amide bonds. The van der Waals surface area contributed by atoms with E-state index in [1.807, 2.05) is 6.07 Å². The van der Waals surface area contributed by atoms with Crippen molar-refractivity contribution in [3.05, 3.63) is 58.4 Å². The van der Waals surface area contributed by atoms with Crippen LogP contribution in [0.25, 0.3) is 0 Å². The summed E-state index contributed by atoms with van der Waals surface area (Å²) in [5, 5.41) is 18.3. The molecule has 0 aromatic heterocycles. The average molecular weight is 308 g/mol. The molecule has 1 N–H and O–H groups in total. The lowest BCUT2D eigenvalue weighted by molar-refractivity contribution is 0.0696. The highest BCUT2D eigenvalue weighted by Crippen LogP contribution is 2.34. The lowest BCUT2D eigenvalue weighted by atomic mass is 10.2. The fourth-order valence-electron chi connectivity index (χ4n) is 1.51. The summed E-state index contributed by atoms with van der Waals surface area (Å²) in [7, 11) is 0. The third-order valence-electron chi connectivity index (χ3n) is 2.46. The van der Waals surface area contributed by atoms with Gasteiger partial charge in [0.2, 0.25) is 0 Å². The van der Waals surface area contributed by atoms with Gasteiger partial charge in [0, 0.05) is 14.8 Å². The van der Waals surface area contributed by atoms with E-state index in [4.69, 9.17) is 22.0 Å². The number of halogens is 2. The second-order valence-corrected chi connectivity index (χ2v) is 5.32. The van der Waals surface area contributed by atoms with Gasteiger partial charge in [-0.3, -0.25) is 0 Å². The summed E-state index contributed by atoms with van der Waals surface area (Å²) in [6, 6.07) is 10.1. The van der Waals surface area contributed by atoms with E-state index >= 15 is 0 Å². The van der Waals surface area contributed by atoms with E-state index in [1.54, 1.807) is 6.07 Å². The molecule has 0 aliphatic rings. The van der Waals surface area contributed by atoms with Gasteiger partial charge in [0.1, 0.15) is 11.9 Å². The molecule has 6 heteroatoms. The van der Waals surface area contributed by atoms with Crippen LogP contribution in [0.15, 0.2) is 46.2 Å². The zero-order valence-corrected chi connectivity index (χ0v) is 11.5. The van der Waals surface area contributed by atoms with E-state index in [-0.39, 0.29) is 10.5 Å². The Kier molecular flexibility index (Phi) is 4.28. The molecule has 0 unspecified atom stereocenters. The molecule has 0 heterocycles. The van der Waals surface area contributed by atoms with Crippen molar-refractivity contribution >= 4 is 29.3 Å². The zero-order valence-electron chi connectivity index (χ0n) is 9.93. The SMILES string of the molecule is N#Cc1ccc(Cl)cc1Sc1cc(C(=O)O)ccc1F. The highest BCUT2D eigenvalue weighted by molar-refractivity contribution is 7.99. The lowest BCUT2D eigenvalue weighted by Gasteiger charge is -2.06. The fraction of sp³-hybridized carbons (Fsp3) is 0. The molecule has 0 saturated carbocycles. The number of carboxylic acids is 1. The molecule has 2 rings (SSSR count). The standard InChI is InChI=1S/C14H7ClFNO2S/c15-10-3-1-9(7-17)12(6-10)20-13-5-8(14(18)19)2-4-11(13)16/h1-6H,(H,18,19). The molecule has 0 bridgehead atoms. The summed E-state index contributed by atoms with van der Waals surface area (Å²) in [6.07, 6.45) is 0. The van der Waals surface area contributed by atoms with E-state index in [0.29, 0.717) is 15.5 Å². The van der Waals surface area contributed by atoms with Gasteiger partial charge in [0.15, 0.2) is 0 Å². The highest BCUT2D eigenvalue weighted by atomic mass is 35.5. The van der Waals surface area contributed by atoms with Crippen molar-refractivity contribution in [2.45, 2.75) is 9.79 Å². The number of carboxylic acid groups (broad SMARTS) is 1. The monoisotopic (exact) mass is 307 g/mol. The van der Waals surface area contributed by atoms with Crippen LogP contribution in [0.1, 0.15) is 15.9 Å². The maximum absolute atomic E-state index is 13.7. The average Bonchev–Trinajstić information content (AvgIpc) is 2.41. The summed E-state index contributed by atoms with van der Waals surface area (Å²) in [5.74, 6) is -1.69. The molecule has 0 fully saturated rings. The van der Waals surface area contributed by atoms with Gasteiger partial charge in [-0.1, -0.05) is 23.4 Å². The van der Waals surface area contributed by atoms with Crippen LogP contribution in [-0.4, -0.2) is 11.1 Å². The number of aromatic carboxylic acids is 1. The van der Waals surface area contributed by atoms with Gasteiger partial charge in [-0.25, -0.2) is 9.18 Å². The van der Waals surface area contributed by atoms with Crippen LogP contribution in [0.2, 0.25) is 5.02 Å². The first-order chi connectivity index (χ1) is 9.51. The molecule has 0 atom stereocenters. The van der Waals surface area contributed by atoms with Gasteiger partial charge in [0.25, 0.3) is 0 Å². The van der Waals surface area contributed by atoms with Crippen molar-refractivity contribution in [2.75, 3.05) is 0 Å². The fourth-order valence-corrected chi connectivity index (χ4v) is 2.74. The first kappa shape index (κ1) is 14.4. The first-order valence-electron chi connectivity index (χ1n) is 5.41. The minimum atomic E-state index is -1.14. The second kappa shape index (κ2) is 5.95. The topological polar surface area (TPSA) is 61.1 Å². The molecular formula is C14H7ClFNO2S. The molecule has 0 aliphatic carbocycles. The van der Waals surface area contributed by atoms with Crippen molar-refractivity contribution in [1.29, 1.82) is 5.26 Å². The molecule has 0 spiro atoms. The Hall–Kier alpha value is -2.03. The molecular weight excluding hydrogens is 301 g/mol. The second-order valence-electron chi connectivity index (χ2n) is 3.80. The Balaban J connectivity index is 2.44. The molecule has 2 aromatic rings. The molecule has 0 radical (unpaired) electrons. The summed E-state index contributed by atoms with van der Waals surface area (Å²) >= 11 is 6.82. The number of benzene rings is 2. The van der Waals surface area contributed by atoms with Gasteiger partial charge in [-0.05, 0) is 36.4 Å². The number of carbonyl (C=O) groups is 1. The lowest BCUT2D eigenvalue weighted by Crippen LogP contribution is -1.97. The summed E-state index contributed by atoms with van der Waals surface area (Å²) in [6.45, 7) is 0. The smallest absolute Gasteiger partial charge is 0.335 e. The normalized spacial score (nSPS) is 10.1. The third-order valence-corrected chi connectivity index (χ3v) is 3.79.